The van der Waals surface area contributed by atoms with Gasteiger partial charge in [-0.15, -0.1) is 0 Å². The number of methoxy groups -OCH3 is 1. The Kier molecular flexibility index (Phi) is 5.58. The maximum Gasteiger partial charge on any atom is 0.256 e. The van der Waals surface area contributed by atoms with Crippen LogP contribution < -0.4 is 21.3 Å². The van der Waals surface area contributed by atoms with E-state index in [0.717, 1.165) is 25.2 Å². The molecule has 6 nitrogen and oxygen atoms in total. The smallest absolute Gasteiger partial charge is 0.256 e. The number of rotatable bonds is 4. The average Bonchev–Trinajstić information content (AvgIpc) is 3.12. The summed E-state index contributed by atoms with van der Waals surface area (Å²) in [5, 5.41) is 6.44. The lowest BCUT2D eigenvalue weighted by Crippen LogP contribution is -2.36. The largest absolute Gasteiger partial charge is 0.474 e. The van der Waals surface area contributed by atoms with E-state index in [1.807, 2.05) is 36.4 Å². The number of nitrogen functional groups attached to an aromatic ring is 1. The van der Waals surface area contributed by atoms with E-state index in [0.29, 0.717) is 22.1 Å². The third kappa shape index (κ3) is 4.23. The number of nitrogens with two attached hydrogens (primary N) is 1. The third-order valence-electron chi connectivity index (χ3n) is 4.40. The molecule has 0 saturated carbocycles. The molecule has 1 saturated heterocycles. The van der Waals surface area contributed by atoms with Crippen LogP contribution in [0.5, 0.6) is 0 Å². The summed E-state index contributed by atoms with van der Waals surface area (Å²) in [4.78, 5) is 14.6. The van der Waals surface area contributed by atoms with Crippen molar-refractivity contribution < 1.29 is 9.53 Å². The topological polar surface area (TPSA) is 79.6 Å². The molecule has 1 aliphatic heterocycles. The third-order valence-corrected chi connectivity index (χ3v) is 4.68. The van der Waals surface area contributed by atoms with Gasteiger partial charge < -0.3 is 26.0 Å². The molecule has 7 heteroatoms. The van der Waals surface area contributed by atoms with Crippen LogP contribution in [0.2, 0.25) is 0 Å². The quantitative estimate of drug-likeness (QED) is 0.567. The van der Waals surface area contributed by atoms with Crippen LogP contribution in [0.25, 0.3) is 0 Å². The fraction of sp³-hybridized carbons (Fsp3) is 0.263. The molecule has 0 unspecified atom stereocenters. The molecule has 0 radical (unpaired) electrons. The van der Waals surface area contributed by atoms with Crippen molar-refractivity contribution in [3.05, 3.63) is 54.1 Å². The summed E-state index contributed by atoms with van der Waals surface area (Å²) in [6, 6.07) is 15.0. The Morgan fingerprint density at radius 2 is 1.96 bits per heavy atom. The van der Waals surface area contributed by atoms with Crippen molar-refractivity contribution >= 4 is 40.4 Å². The molecule has 136 valence electrons. The SMILES string of the molecule is COC(=S)N[C@H]1CCN(c2ccc(C(=O)Nc3ccccc3N)cc2)C1. The van der Waals surface area contributed by atoms with Crippen LogP contribution >= 0.6 is 12.2 Å². The van der Waals surface area contributed by atoms with Crippen LogP contribution in [0.15, 0.2) is 48.5 Å². The fourth-order valence-electron chi connectivity index (χ4n) is 2.97. The molecule has 1 atom stereocenters. The fourth-order valence-corrected chi connectivity index (χ4v) is 3.13. The summed E-state index contributed by atoms with van der Waals surface area (Å²) < 4.78 is 5.00. The minimum absolute atomic E-state index is 0.180. The molecule has 1 heterocycles. The first-order chi connectivity index (χ1) is 12.6. The van der Waals surface area contributed by atoms with Crippen molar-refractivity contribution in [2.75, 3.05) is 36.1 Å². The number of para-hydroxylation sites is 2. The van der Waals surface area contributed by atoms with Crippen LogP contribution in [0.1, 0.15) is 16.8 Å². The van der Waals surface area contributed by atoms with Gasteiger partial charge >= 0.3 is 0 Å². The maximum absolute atomic E-state index is 12.4. The minimum Gasteiger partial charge on any atom is -0.474 e. The Hall–Kier alpha value is -2.80. The molecule has 0 spiro atoms. The van der Waals surface area contributed by atoms with E-state index in [1.165, 1.54) is 0 Å². The zero-order valence-electron chi connectivity index (χ0n) is 14.6. The van der Waals surface area contributed by atoms with Gasteiger partial charge in [0.15, 0.2) is 0 Å². The summed E-state index contributed by atoms with van der Waals surface area (Å²) in [6.45, 7) is 1.77. The number of anilines is 3. The first-order valence-electron chi connectivity index (χ1n) is 8.42. The number of benzene rings is 2. The Balaban J connectivity index is 1.61. The van der Waals surface area contributed by atoms with Crippen LogP contribution in [0.4, 0.5) is 17.1 Å². The molecule has 0 bridgehead atoms. The summed E-state index contributed by atoms with van der Waals surface area (Å²) >= 11 is 5.05. The summed E-state index contributed by atoms with van der Waals surface area (Å²) in [6.07, 6.45) is 0.985. The number of amides is 1. The van der Waals surface area contributed by atoms with Gasteiger partial charge in [-0.25, -0.2) is 0 Å². The lowest BCUT2D eigenvalue weighted by atomic mass is 10.1. The average molecular weight is 370 g/mol. The zero-order valence-corrected chi connectivity index (χ0v) is 15.4. The number of ether oxygens (including phenoxy) is 1. The molecule has 3 rings (SSSR count). The number of nitrogens with zero attached hydrogens (tertiary/aromatic N) is 1. The second-order valence-corrected chi connectivity index (χ2v) is 6.53. The predicted molar refractivity (Wildman–Crippen MR) is 109 cm³/mol. The molecule has 0 aromatic heterocycles. The first kappa shape index (κ1) is 18.0. The number of thiocarbonyl (C=S) groups is 1. The van der Waals surface area contributed by atoms with E-state index in [2.05, 4.69) is 15.5 Å². The number of carbonyl (C=O) groups is 1. The molecule has 0 aliphatic carbocycles. The standard InChI is InChI=1S/C19H22N4O2S/c1-25-19(26)21-14-10-11-23(12-14)15-8-6-13(7-9-15)18(24)22-17-5-3-2-4-16(17)20/h2-9,14H,10-12,20H2,1H3,(H,21,26)(H,22,24)/t14-/m0/s1. The monoisotopic (exact) mass is 370 g/mol. The van der Waals surface area contributed by atoms with E-state index >= 15 is 0 Å². The van der Waals surface area contributed by atoms with Crippen LogP contribution in [0.3, 0.4) is 0 Å². The lowest BCUT2D eigenvalue weighted by Gasteiger charge is -2.19. The van der Waals surface area contributed by atoms with Crippen molar-refractivity contribution in [1.29, 1.82) is 0 Å². The molecule has 1 aliphatic rings. The predicted octanol–water partition coefficient (Wildman–Crippen LogP) is 2.62. The molecular formula is C19H22N4O2S. The van der Waals surface area contributed by atoms with Gasteiger partial charge in [-0.3, -0.25) is 4.79 Å². The highest BCUT2D eigenvalue weighted by molar-refractivity contribution is 7.80. The molecule has 1 fully saturated rings. The number of carbonyl (C=O) groups excluding carboxylic acids is 1. The Bertz CT molecular complexity index is 794. The number of hydrogen-bond donors (Lipinski definition) is 3. The van der Waals surface area contributed by atoms with Crippen molar-refractivity contribution in [3.8, 4) is 0 Å². The zero-order chi connectivity index (χ0) is 18.5. The van der Waals surface area contributed by atoms with E-state index in [9.17, 15) is 4.79 Å². The summed E-state index contributed by atoms with van der Waals surface area (Å²) in [5.41, 5.74) is 8.69. The van der Waals surface area contributed by atoms with Gasteiger partial charge in [-0.2, -0.15) is 0 Å². The van der Waals surface area contributed by atoms with Crippen LogP contribution in [0, 0.1) is 0 Å². The van der Waals surface area contributed by atoms with Crippen LogP contribution in [-0.2, 0) is 4.74 Å². The van der Waals surface area contributed by atoms with E-state index in [1.54, 1.807) is 19.2 Å². The number of hydrogen-bond acceptors (Lipinski definition) is 5. The molecule has 2 aromatic rings. The van der Waals surface area contributed by atoms with Gasteiger partial charge in [0.25, 0.3) is 11.1 Å². The molecular weight excluding hydrogens is 348 g/mol. The van der Waals surface area contributed by atoms with E-state index in [-0.39, 0.29) is 11.9 Å². The second kappa shape index (κ2) is 8.05. The highest BCUT2D eigenvalue weighted by Gasteiger charge is 2.23. The van der Waals surface area contributed by atoms with Crippen molar-refractivity contribution in [2.24, 2.45) is 0 Å². The molecule has 2 aromatic carbocycles. The minimum atomic E-state index is -0.180. The van der Waals surface area contributed by atoms with Crippen LogP contribution in [-0.4, -0.2) is 37.3 Å². The summed E-state index contributed by atoms with van der Waals surface area (Å²) in [7, 11) is 1.56. The normalized spacial score (nSPS) is 16.2. The Morgan fingerprint density at radius 1 is 1.23 bits per heavy atom. The molecule has 1 amide bonds. The van der Waals surface area contributed by atoms with Crippen molar-refractivity contribution in [1.82, 2.24) is 5.32 Å². The van der Waals surface area contributed by atoms with E-state index in [4.69, 9.17) is 22.7 Å². The number of nitrogens with one attached hydrogen (secondary N) is 2. The molecule has 4 N–H and O–H groups in total. The van der Waals surface area contributed by atoms with Crippen molar-refractivity contribution in [3.63, 3.8) is 0 Å². The van der Waals surface area contributed by atoms with Crippen molar-refractivity contribution in [2.45, 2.75) is 12.5 Å². The van der Waals surface area contributed by atoms with Gasteiger partial charge in [-0.1, -0.05) is 12.1 Å². The Labute approximate surface area is 158 Å². The van der Waals surface area contributed by atoms with Gasteiger partial charge in [0, 0.05) is 30.4 Å². The van der Waals surface area contributed by atoms with Gasteiger partial charge in [0.2, 0.25) is 0 Å². The highest BCUT2D eigenvalue weighted by atomic mass is 32.1. The lowest BCUT2D eigenvalue weighted by molar-refractivity contribution is 0.102. The van der Waals surface area contributed by atoms with Gasteiger partial charge in [0.1, 0.15) is 0 Å². The molecule has 26 heavy (non-hydrogen) atoms. The second-order valence-electron chi connectivity index (χ2n) is 6.16. The Morgan fingerprint density at radius 3 is 2.65 bits per heavy atom. The highest BCUT2D eigenvalue weighted by Crippen LogP contribution is 2.22. The van der Waals surface area contributed by atoms with Gasteiger partial charge in [0.05, 0.1) is 18.5 Å². The van der Waals surface area contributed by atoms with E-state index < -0.39 is 0 Å². The van der Waals surface area contributed by atoms with Gasteiger partial charge in [-0.05, 0) is 55.0 Å². The maximum atomic E-state index is 12.4. The first-order valence-corrected chi connectivity index (χ1v) is 8.83. The summed E-state index contributed by atoms with van der Waals surface area (Å²) in [5.74, 6) is -0.180.